The molecule has 0 aliphatic heterocycles. The van der Waals surface area contributed by atoms with Crippen molar-refractivity contribution in [3.63, 3.8) is 0 Å². The van der Waals surface area contributed by atoms with Crippen LogP contribution in [0, 0.1) is 5.82 Å². The van der Waals surface area contributed by atoms with E-state index in [2.05, 4.69) is 21.4 Å². The lowest BCUT2D eigenvalue weighted by atomic mass is 9.99. The molecular weight excluding hydrogens is 366 g/mol. The van der Waals surface area contributed by atoms with Gasteiger partial charge in [-0.05, 0) is 42.3 Å². The summed E-state index contributed by atoms with van der Waals surface area (Å²) in [6, 6.07) is 9.70. The van der Waals surface area contributed by atoms with Gasteiger partial charge in [0.25, 0.3) is 0 Å². The zero-order valence-corrected chi connectivity index (χ0v) is 13.4. The molecule has 0 saturated carbocycles. The number of halogens is 4. The molecule has 0 saturated heterocycles. The van der Waals surface area contributed by atoms with E-state index in [0.717, 1.165) is 10.0 Å². The number of rotatable bonds is 4. The highest BCUT2D eigenvalue weighted by Gasteiger charge is 2.16. The number of hydrazine groups is 1. The van der Waals surface area contributed by atoms with Gasteiger partial charge in [0.2, 0.25) is 0 Å². The number of nitrogens with two attached hydrogens (primary N) is 1. The maximum atomic E-state index is 13.9. The Bertz CT molecular complexity index is 622. The standard InChI is InChI=1S/C14H12BrCl2FN2/c15-9-2-4-13(18)10(7-9)14(20-19)6-8-1-3-11(16)12(17)5-8/h1-5,7,14,20H,6,19H2. The summed E-state index contributed by atoms with van der Waals surface area (Å²) in [5, 5.41) is 0.955. The highest BCUT2D eigenvalue weighted by molar-refractivity contribution is 9.10. The molecule has 0 bridgehead atoms. The van der Waals surface area contributed by atoms with Crippen LogP contribution in [0.15, 0.2) is 40.9 Å². The third-order valence-corrected chi connectivity index (χ3v) is 4.19. The van der Waals surface area contributed by atoms with E-state index in [1.165, 1.54) is 6.07 Å². The van der Waals surface area contributed by atoms with Crippen LogP contribution < -0.4 is 11.3 Å². The lowest BCUT2D eigenvalue weighted by Crippen LogP contribution is -2.30. The summed E-state index contributed by atoms with van der Waals surface area (Å²) in [6.45, 7) is 0. The molecular formula is C14H12BrCl2FN2. The summed E-state index contributed by atoms with van der Waals surface area (Å²) in [4.78, 5) is 0. The largest absolute Gasteiger partial charge is 0.271 e. The van der Waals surface area contributed by atoms with Gasteiger partial charge in [0.1, 0.15) is 5.82 Å². The van der Waals surface area contributed by atoms with Gasteiger partial charge in [0.15, 0.2) is 0 Å². The van der Waals surface area contributed by atoms with Gasteiger partial charge in [-0.15, -0.1) is 0 Å². The van der Waals surface area contributed by atoms with Crippen LogP contribution in [0.1, 0.15) is 17.2 Å². The Labute approximate surface area is 135 Å². The monoisotopic (exact) mass is 376 g/mol. The quantitative estimate of drug-likeness (QED) is 0.601. The molecule has 2 nitrogen and oxygen atoms in total. The van der Waals surface area contributed by atoms with E-state index in [-0.39, 0.29) is 11.9 Å². The molecule has 0 aromatic heterocycles. The third kappa shape index (κ3) is 3.71. The maximum absolute atomic E-state index is 13.9. The first kappa shape index (κ1) is 15.7. The van der Waals surface area contributed by atoms with E-state index in [9.17, 15) is 4.39 Å². The minimum Gasteiger partial charge on any atom is -0.271 e. The van der Waals surface area contributed by atoms with Crippen LogP contribution in [0.25, 0.3) is 0 Å². The molecule has 20 heavy (non-hydrogen) atoms. The first-order chi connectivity index (χ1) is 9.51. The zero-order chi connectivity index (χ0) is 14.7. The lowest BCUT2D eigenvalue weighted by Gasteiger charge is -2.18. The Balaban J connectivity index is 2.28. The van der Waals surface area contributed by atoms with Crippen molar-refractivity contribution in [2.45, 2.75) is 12.5 Å². The van der Waals surface area contributed by atoms with Crippen molar-refractivity contribution in [1.82, 2.24) is 5.43 Å². The Hall–Kier alpha value is -0.650. The Morgan fingerprint density at radius 2 is 1.90 bits per heavy atom. The van der Waals surface area contributed by atoms with E-state index >= 15 is 0 Å². The lowest BCUT2D eigenvalue weighted by molar-refractivity contribution is 0.510. The number of hydrogen-bond donors (Lipinski definition) is 2. The summed E-state index contributed by atoms with van der Waals surface area (Å²) in [5.41, 5.74) is 4.04. The average Bonchev–Trinajstić information content (AvgIpc) is 2.43. The van der Waals surface area contributed by atoms with Gasteiger partial charge in [-0.25, -0.2) is 4.39 Å². The predicted molar refractivity (Wildman–Crippen MR) is 84.3 cm³/mol. The van der Waals surface area contributed by atoms with E-state index < -0.39 is 0 Å². The second kappa shape index (κ2) is 6.87. The smallest absolute Gasteiger partial charge is 0.128 e. The molecule has 0 amide bonds. The molecule has 2 aromatic carbocycles. The fourth-order valence-electron chi connectivity index (χ4n) is 1.94. The molecule has 1 unspecified atom stereocenters. The van der Waals surface area contributed by atoms with Gasteiger partial charge in [-0.2, -0.15) is 0 Å². The second-order valence-corrected chi connectivity index (χ2v) is 6.07. The Kier molecular flexibility index (Phi) is 5.41. The summed E-state index contributed by atoms with van der Waals surface area (Å²) in [6.07, 6.45) is 0.501. The number of nitrogens with one attached hydrogen (secondary N) is 1. The molecule has 0 radical (unpaired) electrons. The molecule has 0 spiro atoms. The molecule has 0 aliphatic rings. The minimum absolute atomic E-state index is 0.309. The molecule has 1 atom stereocenters. The van der Waals surface area contributed by atoms with E-state index in [4.69, 9.17) is 29.0 Å². The Morgan fingerprint density at radius 1 is 1.15 bits per heavy atom. The normalized spacial score (nSPS) is 12.4. The van der Waals surface area contributed by atoms with Crippen molar-refractivity contribution in [2.24, 2.45) is 5.84 Å². The van der Waals surface area contributed by atoms with Crippen LogP contribution >= 0.6 is 39.1 Å². The van der Waals surface area contributed by atoms with E-state index in [0.29, 0.717) is 22.0 Å². The van der Waals surface area contributed by atoms with Crippen molar-refractivity contribution in [3.05, 3.63) is 67.9 Å². The molecule has 0 aliphatic carbocycles. The summed E-state index contributed by atoms with van der Waals surface area (Å²) in [5.74, 6) is 5.24. The van der Waals surface area contributed by atoms with Crippen molar-refractivity contribution < 1.29 is 4.39 Å². The summed E-state index contributed by atoms with van der Waals surface area (Å²) in [7, 11) is 0. The van der Waals surface area contributed by atoms with Crippen LogP contribution in [-0.4, -0.2) is 0 Å². The van der Waals surface area contributed by atoms with Crippen LogP contribution in [-0.2, 0) is 6.42 Å². The fraction of sp³-hybridized carbons (Fsp3) is 0.143. The van der Waals surface area contributed by atoms with Gasteiger partial charge in [-0.3, -0.25) is 11.3 Å². The topological polar surface area (TPSA) is 38.0 Å². The molecule has 6 heteroatoms. The predicted octanol–water partition coefficient (Wildman–Crippen LogP) is 4.64. The van der Waals surface area contributed by atoms with Gasteiger partial charge in [0, 0.05) is 10.0 Å². The van der Waals surface area contributed by atoms with Crippen molar-refractivity contribution >= 4 is 39.1 Å². The molecule has 0 fully saturated rings. The van der Waals surface area contributed by atoms with E-state index in [1.54, 1.807) is 24.3 Å². The maximum Gasteiger partial charge on any atom is 0.128 e. The average molecular weight is 378 g/mol. The molecule has 106 valence electrons. The van der Waals surface area contributed by atoms with Crippen LogP contribution in [0.5, 0.6) is 0 Å². The minimum atomic E-state index is -0.357. The molecule has 3 N–H and O–H groups in total. The first-order valence-corrected chi connectivity index (χ1v) is 7.41. The third-order valence-electron chi connectivity index (χ3n) is 2.96. The van der Waals surface area contributed by atoms with Gasteiger partial charge >= 0.3 is 0 Å². The van der Waals surface area contributed by atoms with Crippen LogP contribution in [0.3, 0.4) is 0 Å². The SMILES string of the molecule is NNC(Cc1ccc(Cl)c(Cl)c1)c1cc(Br)ccc1F. The fourth-order valence-corrected chi connectivity index (χ4v) is 2.64. The van der Waals surface area contributed by atoms with E-state index in [1.807, 2.05) is 6.07 Å². The molecule has 0 heterocycles. The highest BCUT2D eigenvalue weighted by atomic mass is 79.9. The van der Waals surface area contributed by atoms with Crippen molar-refractivity contribution in [1.29, 1.82) is 0 Å². The van der Waals surface area contributed by atoms with Gasteiger partial charge in [-0.1, -0.05) is 45.2 Å². The number of benzene rings is 2. The van der Waals surface area contributed by atoms with Crippen LogP contribution in [0.4, 0.5) is 4.39 Å². The summed E-state index contributed by atoms with van der Waals surface area (Å²) < 4.78 is 14.7. The van der Waals surface area contributed by atoms with Gasteiger partial charge in [0.05, 0.1) is 16.1 Å². The van der Waals surface area contributed by atoms with Crippen molar-refractivity contribution in [3.8, 4) is 0 Å². The first-order valence-electron chi connectivity index (χ1n) is 5.86. The number of hydrogen-bond acceptors (Lipinski definition) is 2. The van der Waals surface area contributed by atoms with Crippen molar-refractivity contribution in [2.75, 3.05) is 0 Å². The molecule has 2 rings (SSSR count). The zero-order valence-electron chi connectivity index (χ0n) is 10.3. The van der Waals surface area contributed by atoms with Crippen LogP contribution in [0.2, 0.25) is 10.0 Å². The Morgan fingerprint density at radius 3 is 2.55 bits per heavy atom. The van der Waals surface area contributed by atoms with Gasteiger partial charge < -0.3 is 0 Å². The highest BCUT2D eigenvalue weighted by Crippen LogP contribution is 2.27. The second-order valence-electron chi connectivity index (χ2n) is 4.34. The molecule has 2 aromatic rings. The summed E-state index contributed by atoms with van der Waals surface area (Å²) >= 11 is 15.2.